The van der Waals surface area contributed by atoms with Crippen molar-refractivity contribution in [1.82, 2.24) is 0 Å². The van der Waals surface area contributed by atoms with Gasteiger partial charge in [-0.15, -0.1) is 11.8 Å². The fraction of sp³-hybridized carbons (Fsp3) is 0.500. The molecule has 1 unspecified atom stereocenters. The predicted molar refractivity (Wildman–Crippen MR) is 72.1 cm³/mol. The van der Waals surface area contributed by atoms with Crippen molar-refractivity contribution in [2.75, 3.05) is 11.5 Å². The maximum absolute atomic E-state index is 10.1. The van der Waals surface area contributed by atoms with Crippen molar-refractivity contribution in [3.8, 4) is 0 Å². The summed E-state index contributed by atoms with van der Waals surface area (Å²) in [6, 6.07) is 5.43. The van der Waals surface area contributed by atoms with Gasteiger partial charge in [0.2, 0.25) is 0 Å². The van der Waals surface area contributed by atoms with Gasteiger partial charge in [0.1, 0.15) is 0 Å². The first-order chi connectivity index (χ1) is 7.33. The average Bonchev–Trinajstić information content (AvgIpc) is 2.16. The number of anilines is 1. The first-order valence-corrected chi connectivity index (χ1v) is 6.59. The molecular weight excluding hydrogens is 242 g/mol. The van der Waals surface area contributed by atoms with Gasteiger partial charge in [0.15, 0.2) is 0 Å². The van der Waals surface area contributed by atoms with Gasteiger partial charge in [-0.25, -0.2) is 0 Å². The van der Waals surface area contributed by atoms with Crippen LogP contribution in [0.4, 0.5) is 5.69 Å². The Morgan fingerprint density at radius 1 is 1.50 bits per heavy atom. The summed E-state index contributed by atoms with van der Waals surface area (Å²) in [5.74, 6) is 0.838. The standard InChI is InChI=1S/C12H18ClNOS/c1-8(2)12(3,15)7-16-11-5-4-9(13)6-10(11)14/h4-6,8,15H,7,14H2,1-3H3. The largest absolute Gasteiger partial charge is 0.398 e. The number of aliphatic hydroxyl groups is 1. The van der Waals surface area contributed by atoms with Crippen LogP contribution in [0.1, 0.15) is 20.8 Å². The second-order valence-electron chi connectivity index (χ2n) is 4.48. The molecule has 3 N–H and O–H groups in total. The molecule has 0 fully saturated rings. The van der Waals surface area contributed by atoms with Crippen molar-refractivity contribution in [2.24, 2.45) is 5.92 Å². The summed E-state index contributed by atoms with van der Waals surface area (Å²) >= 11 is 7.38. The number of nitrogens with two attached hydrogens (primary N) is 1. The molecule has 0 aliphatic heterocycles. The highest BCUT2D eigenvalue weighted by Crippen LogP contribution is 2.31. The van der Waals surface area contributed by atoms with Gasteiger partial charge in [0.05, 0.1) is 5.60 Å². The van der Waals surface area contributed by atoms with E-state index >= 15 is 0 Å². The molecule has 0 aromatic heterocycles. The lowest BCUT2D eigenvalue weighted by atomic mass is 9.95. The molecule has 2 nitrogen and oxygen atoms in total. The van der Waals surface area contributed by atoms with Crippen molar-refractivity contribution in [3.63, 3.8) is 0 Å². The second kappa shape index (κ2) is 5.30. The lowest BCUT2D eigenvalue weighted by molar-refractivity contribution is 0.0376. The lowest BCUT2D eigenvalue weighted by Gasteiger charge is -2.27. The van der Waals surface area contributed by atoms with E-state index < -0.39 is 5.60 Å². The predicted octanol–water partition coefficient (Wildman–Crippen LogP) is 3.42. The fourth-order valence-electron chi connectivity index (χ4n) is 1.04. The van der Waals surface area contributed by atoms with Crippen LogP contribution in [0.2, 0.25) is 5.02 Å². The minimum absolute atomic E-state index is 0.216. The zero-order valence-electron chi connectivity index (χ0n) is 9.83. The summed E-state index contributed by atoms with van der Waals surface area (Å²) in [7, 11) is 0. The number of hydrogen-bond acceptors (Lipinski definition) is 3. The Bertz CT molecular complexity index is 366. The van der Waals surface area contributed by atoms with Gasteiger partial charge in [-0.05, 0) is 31.0 Å². The summed E-state index contributed by atoms with van der Waals surface area (Å²) in [5, 5.41) is 10.7. The molecule has 1 aromatic rings. The molecule has 0 radical (unpaired) electrons. The molecule has 0 saturated heterocycles. The third kappa shape index (κ3) is 3.58. The van der Waals surface area contributed by atoms with E-state index in [4.69, 9.17) is 17.3 Å². The maximum atomic E-state index is 10.1. The van der Waals surface area contributed by atoms with Crippen molar-refractivity contribution in [2.45, 2.75) is 31.3 Å². The minimum atomic E-state index is -0.684. The Labute approximate surface area is 106 Å². The summed E-state index contributed by atoms with van der Waals surface area (Å²) < 4.78 is 0. The van der Waals surface area contributed by atoms with E-state index in [1.54, 1.807) is 17.8 Å². The molecule has 0 spiro atoms. The lowest BCUT2D eigenvalue weighted by Crippen LogP contribution is -2.33. The van der Waals surface area contributed by atoms with Crippen LogP contribution in [0.5, 0.6) is 0 Å². The molecule has 0 saturated carbocycles. The molecule has 16 heavy (non-hydrogen) atoms. The average molecular weight is 260 g/mol. The maximum Gasteiger partial charge on any atom is 0.0736 e. The number of benzene rings is 1. The Morgan fingerprint density at radius 2 is 2.12 bits per heavy atom. The van der Waals surface area contributed by atoms with Crippen LogP contribution in [-0.4, -0.2) is 16.5 Å². The highest BCUT2D eigenvalue weighted by atomic mass is 35.5. The SMILES string of the molecule is CC(C)C(C)(O)CSc1ccc(Cl)cc1N. The van der Waals surface area contributed by atoms with Crippen molar-refractivity contribution >= 4 is 29.1 Å². The number of halogens is 1. The molecule has 0 heterocycles. The Hall–Kier alpha value is -0.380. The van der Waals surface area contributed by atoms with Crippen LogP contribution in [-0.2, 0) is 0 Å². The van der Waals surface area contributed by atoms with Crippen molar-refractivity contribution in [3.05, 3.63) is 23.2 Å². The van der Waals surface area contributed by atoms with E-state index in [2.05, 4.69) is 0 Å². The molecule has 90 valence electrons. The van der Waals surface area contributed by atoms with Crippen LogP contribution in [0, 0.1) is 5.92 Å². The van der Waals surface area contributed by atoms with E-state index in [-0.39, 0.29) is 5.92 Å². The summed E-state index contributed by atoms with van der Waals surface area (Å²) in [4.78, 5) is 0.963. The van der Waals surface area contributed by atoms with Crippen LogP contribution in [0.25, 0.3) is 0 Å². The molecule has 0 bridgehead atoms. The third-order valence-electron chi connectivity index (χ3n) is 2.74. The van der Waals surface area contributed by atoms with Crippen LogP contribution in [0.15, 0.2) is 23.1 Å². The second-order valence-corrected chi connectivity index (χ2v) is 5.94. The zero-order valence-corrected chi connectivity index (χ0v) is 11.4. The molecule has 1 rings (SSSR count). The number of nitrogen functional groups attached to an aromatic ring is 1. The quantitative estimate of drug-likeness (QED) is 0.643. The monoisotopic (exact) mass is 259 g/mol. The highest BCUT2D eigenvalue weighted by molar-refractivity contribution is 7.99. The topological polar surface area (TPSA) is 46.2 Å². The van der Waals surface area contributed by atoms with Crippen LogP contribution >= 0.6 is 23.4 Å². The third-order valence-corrected chi connectivity index (χ3v) is 4.38. The molecule has 0 amide bonds. The van der Waals surface area contributed by atoms with E-state index in [0.717, 1.165) is 4.90 Å². The number of rotatable bonds is 4. The van der Waals surface area contributed by atoms with E-state index in [0.29, 0.717) is 16.5 Å². The highest BCUT2D eigenvalue weighted by Gasteiger charge is 2.25. The molecule has 0 aliphatic rings. The van der Waals surface area contributed by atoms with Gasteiger partial charge >= 0.3 is 0 Å². The first-order valence-electron chi connectivity index (χ1n) is 5.23. The fourth-order valence-corrected chi connectivity index (χ4v) is 2.39. The first kappa shape index (κ1) is 13.7. The van der Waals surface area contributed by atoms with Gasteiger partial charge in [-0.2, -0.15) is 0 Å². The van der Waals surface area contributed by atoms with Crippen LogP contribution < -0.4 is 5.73 Å². The smallest absolute Gasteiger partial charge is 0.0736 e. The van der Waals surface area contributed by atoms with E-state index in [9.17, 15) is 5.11 Å². The summed E-state index contributed by atoms with van der Waals surface area (Å²) in [5.41, 5.74) is 5.82. The molecule has 0 aliphatic carbocycles. The van der Waals surface area contributed by atoms with Gasteiger partial charge in [-0.3, -0.25) is 0 Å². The molecule has 1 atom stereocenters. The summed E-state index contributed by atoms with van der Waals surface area (Å²) in [6.07, 6.45) is 0. The zero-order chi connectivity index (χ0) is 12.3. The molecule has 1 aromatic carbocycles. The van der Waals surface area contributed by atoms with E-state index in [1.807, 2.05) is 32.9 Å². The van der Waals surface area contributed by atoms with Crippen LogP contribution in [0.3, 0.4) is 0 Å². The Morgan fingerprint density at radius 3 is 2.62 bits per heavy atom. The summed E-state index contributed by atoms with van der Waals surface area (Å²) in [6.45, 7) is 5.86. The minimum Gasteiger partial charge on any atom is -0.398 e. The van der Waals surface area contributed by atoms with Gasteiger partial charge in [0, 0.05) is 21.4 Å². The molecule has 4 heteroatoms. The molecular formula is C12H18ClNOS. The Kier molecular flexibility index (Phi) is 4.53. The van der Waals surface area contributed by atoms with Gasteiger partial charge in [0.25, 0.3) is 0 Å². The van der Waals surface area contributed by atoms with Crippen molar-refractivity contribution < 1.29 is 5.11 Å². The van der Waals surface area contributed by atoms with Gasteiger partial charge in [-0.1, -0.05) is 25.4 Å². The number of hydrogen-bond donors (Lipinski definition) is 2. The number of thioether (sulfide) groups is 1. The van der Waals surface area contributed by atoms with Crippen molar-refractivity contribution in [1.29, 1.82) is 0 Å². The van der Waals surface area contributed by atoms with E-state index in [1.165, 1.54) is 0 Å². The Balaban J connectivity index is 2.68. The van der Waals surface area contributed by atoms with Gasteiger partial charge < -0.3 is 10.8 Å². The normalized spacial score (nSPS) is 15.1.